The highest BCUT2D eigenvalue weighted by molar-refractivity contribution is 7.92. The molecular formula is C17H18N2O5S2. The molecule has 0 saturated carbocycles. The summed E-state index contributed by atoms with van der Waals surface area (Å²) in [4.78, 5) is 24.1. The fraction of sp³-hybridized carbons (Fsp3) is 0.176. The number of ether oxygens (including phenoxy) is 1. The number of esters is 1. The van der Waals surface area contributed by atoms with Crippen molar-refractivity contribution in [3.8, 4) is 0 Å². The molecule has 0 radical (unpaired) electrons. The minimum Gasteiger partial charge on any atom is -0.455 e. The molecule has 26 heavy (non-hydrogen) atoms. The molecule has 0 aliphatic carbocycles. The Morgan fingerprint density at radius 3 is 2.58 bits per heavy atom. The van der Waals surface area contributed by atoms with Crippen LogP contribution in [-0.2, 0) is 30.9 Å². The molecule has 0 fully saturated rings. The van der Waals surface area contributed by atoms with Gasteiger partial charge >= 0.3 is 5.97 Å². The molecule has 0 aliphatic heterocycles. The number of thiophene rings is 1. The van der Waals surface area contributed by atoms with Crippen molar-refractivity contribution in [1.82, 2.24) is 10.0 Å². The number of carbonyl (C=O) groups is 2. The van der Waals surface area contributed by atoms with Crippen LogP contribution in [0, 0.1) is 0 Å². The fourth-order valence-electron chi connectivity index (χ4n) is 1.79. The molecule has 1 heterocycles. The van der Waals surface area contributed by atoms with Crippen LogP contribution in [0.2, 0.25) is 0 Å². The maximum Gasteiger partial charge on any atom is 0.321 e. The molecule has 7 nitrogen and oxygen atoms in total. The summed E-state index contributed by atoms with van der Waals surface area (Å²) >= 11 is 1.50. The van der Waals surface area contributed by atoms with E-state index in [1.54, 1.807) is 24.3 Å². The lowest BCUT2D eigenvalue weighted by Gasteiger charge is -2.06. The summed E-state index contributed by atoms with van der Waals surface area (Å²) in [7, 11) is -3.78. The number of benzene rings is 1. The Labute approximate surface area is 155 Å². The zero-order valence-electron chi connectivity index (χ0n) is 13.8. The van der Waals surface area contributed by atoms with Crippen molar-refractivity contribution >= 4 is 39.3 Å². The molecule has 138 valence electrons. The molecule has 2 aromatic rings. The number of amides is 1. The number of rotatable bonds is 9. The summed E-state index contributed by atoms with van der Waals surface area (Å²) < 4.78 is 30.4. The van der Waals surface area contributed by atoms with Gasteiger partial charge in [0, 0.05) is 10.3 Å². The molecule has 0 spiro atoms. The van der Waals surface area contributed by atoms with Crippen LogP contribution in [0.25, 0.3) is 6.08 Å². The molecule has 2 N–H and O–H groups in total. The average Bonchev–Trinajstić information content (AvgIpc) is 3.16. The lowest BCUT2D eigenvalue weighted by Crippen LogP contribution is -2.33. The summed E-state index contributed by atoms with van der Waals surface area (Å²) in [6.45, 7) is -0.670. The topological polar surface area (TPSA) is 102 Å². The number of sulfonamides is 1. The van der Waals surface area contributed by atoms with E-state index in [2.05, 4.69) is 10.0 Å². The lowest BCUT2D eigenvalue weighted by atomic mass is 10.2. The van der Waals surface area contributed by atoms with Crippen LogP contribution in [0.15, 0.2) is 53.3 Å². The zero-order valence-corrected chi connectivity index (χ0v) is 15.4. The Balaban J connectivity index is 1.68. The van der Waals surface area contributed by atoms with Crippen molar-refractivity contribution in [3.63, 3.8) is 0 Å². The zero-order chi connectivity index (χ0) is 18.8. The third-order valence-electron chi connectivity index (χ3n) is 3.06. The van der Waals surface area contributed by atoms with Crippen molar-refractivity contribution in [2.45, 2.75) is 6.54 Å². The summed E-state index contributed by atoms with van der Waals surface area (Å²) in [5, 5.41) is 5.45. The second kappa shape index (κ2) is 9.85. The third-order valence-corrected chi connectivity index (χ3v) is 4.98. The minimum absolute atomic E-state index is 0.352. The Kier molecular flexibility index (Phi) is 7.52. The van der Waals surface area contributed by atoms with E-state index in [0.717, 1.165) is 10.3 Å². The van der Waals surface area contributed by atoms with Gasteiger partial charge in [-0.1, -0.05) is 36.4 Å². The van der Waals surface area contributed by atoms with Gasteiger partial charge in [0.05, 0.1) is 6.54 Å². The van der Waals surface area contributed by atoms with E-state index in [9.17, 15) is 18.0 Å². The van der Waals surface area contributed by atoms with Gasteiger partial charge in [-0.05, 0) is 23.1 Å². The van der Waals surface area contributed by atoms with E-state index in [1.807, 2.05) is 23.6 Å². The maximum atomic E-state index is 11.8. The van der Waals surface area contributed by atoms with Crippen LogP contribution in [0.3, 0.4) is 0 Å². The van der Waals surface area contributed by atoms with Crippen LogP contribution < -0.4 is 10.0 Å². The summed E-state index contributed by atoms with van der Waals surface area (Å²) in [6, 6.07) is 12.6. The van der Waals surface area contributed by atoms with Gasteiger partial charge in [-0.3, -0.25) is 9.59 Å². The van der Waals surface area contributed by atoms with E-state index >= 15 is 0 Å². The monoisotopic (exact) mass is 394 g/mol. The molecule has 0 saturated heterocycles. The Morgan fingerprint density at radius 2 is 1.88 bits per heavy atom. The molecular weight excluding hydrogens is 376 g/mol. The highest BCUT2D eigenvalue weighted by atomic mass is 32.2. The lowest BCUT2D eigenvalue weighted by molar-refractivity contribution is -0.147. The van der Waals surface area contributed by atoms with Crippen LogP contribution >= 0.6 is 11.3 Å². The number of hydrogen-bond acceptors (Lipinski definition) is 6. The smallest absolute Gasteiger partial charge is 0.321 e. The standard InChI is InChI=1S/C17H18N2O5S2/c20-16(18-11-15-7-4-9-25-15)13-24-17(21)12-19-26(22,23)10-8-14-5-2-1-3-6-14/h1-10,19H,11-13H2,(H,18,20)/b10-8+. The maximum absolute atomic E-state index is 11.8. The van der Waals surface area contributed by atoms with Crippen LogP contribution in [0.5, 0.6) is 0 Å². The second-order valence-electron chi connectivity index (χ2n) is 5.10. The SMILES string of the molecule is O=C(COC(=O)CNS(=O)(=O)/C=C/c1ccccc1)NCc1cccs1. The van der Waals surface area contributed by atoms with Gasteiger partial charge < -0.3 is 10.1 Å². The Morgan fingerprint density at radius 1 is 1.12 bits per heavy atom. The van der Waals surface area contributed by atoms with Crippen molar-refractivity contribution in [1.29, 1.82) is 0 Å². The van der Waals surface area contributed by atoms with Gasteiger partial charge in [0.15, 0.2) is 6.61 Å². The number of hydrogen-bond donors (Lipinski definition) is 2. The van der Waals surface area contributed by atoms with Gasteiger partial charge in [0.2, 0.25) is 10.0 Å². The first-order valence-corrected chi connectivity index (χ1v) is 10.0. The predicted octanol–water partition coefficient (Wildman–Crippen LogP) is 1.50. The van der Waals surface area contributed by atoms with E-state index in [4.69, 9.17) is 4.74 Å². The highest BCUT2D eigenvalue weighted by Crippen LogP contribution is 2.07. The summed E-state index contributed by atoms with van der Waals surface area (Å²) in [5.74, 6) is -1.30. The molecule has 0 bridgehead atoms. The first-order valence-electron chi connectivity index (χ1n) is 7.62. The Hall–Kier alpha value is -2.49. The summed E-state index contributed by atoms with van der Waals surface area (Å²) in [6.07, 6.45) is 1.41. The molecule has 1 amide bonds. The first-order chi connectivity index (χ1) is 12.4. The van der Waals surface area contributed by atoms with Crippen molar-refractivity contribution < 1.29 is 22.7 Å². The first kappa shape index (κ1) is 19.8. The van der Waals surface area contributed by atoms with E-state index in [1.165, 1.54) is 17.4 Å². The van der Waals surface area contributed by atoms with Gasteiger partial charge in [0.1, 0.15) is 6.54 Å². The van der Waals surface area contributed by atoms with Gasteiger partial charge in [0.25, 0.3) is 5.91 Å². The van der Waals surface area contributed by atoms with Gasteiger partial charge in [-0.25, -0.2) is 13.1 Å². The van der Waals surface area contributed by atoms with Crippen molar-refractivity contribution in [2.24, 2.45) is 0 Å². The van der Waals surface area contributed by atoms with Crippen molar-refractivity contribution in [2.75, 3.05) is 13.2 Å². The quantitative estimate of drug-likeness (QED) is 0.628. The van der Waals surface area contributed by atoms with Gasteiger partial charge in [-0.2, -0.15) is 0 Å². The van der Waals surface area contributed by atoms with E-state index < -0.39 is 35.1 Å². The normalized spacial score (nSPS) is 11.4. The highest BCUT2D eigenvalue weighted by Gasteiger charge is 2.11. The minimum atomic E-state index is -3.78. The average molecular weight is 394 g/mol. The molecule has 0 aliphatic rings. The third kappa shape index (κ3) is 7.60. The van der Waals surface area contributed by atoms with E-state index in [0.29, 0.717) is 12.1 Å². The summed E-state index contributed by atoms with van der Waals surface area (Å²) in [5.41, 5.74) is 0.711. The second-order valence-corrected chi connectivity index (χ2v) is 7.78. The molecule has 1 aromatic carbocycles. The fourth-order valence-corrected chi connectivity index (χ4v) is 3.18. The molecule has 2 rings (SSSR count). The molecule has 1 aromatic heterocycles. The van der Waals surface area contributed by atoms with Crippen LogP contribution in [-0.4, -0.2) is 33.4 Å². The predicted molar refractivity (Wildman–Crippen MR) is 99.5 cm³/mol. The van der Waals surface area contributed by atoms with Crippen LogP contribution in [0.1, 0.15) is 10.4 Å². The van der Waals surface area contributed by atoms with Gasteiger partial charge in [-0.15, -0.1) is 11.3 Å². The largest absolute Gasteiger partial charge is 0.455 e. The number of nitrogens with one attached hydrogen (secondary N) is 2. The van der Waals surface area contributed by atoms with Crippen LogP contribution in [0.4, 0.5) is 0 Å². The number of carbonyl (C=O) groups excluding carboxylic acids is 2. The van der Waals surface area contributed by atoms with E-state index in [-0.39, 0.29) is 0 Å². The van der Waals surface area contributed by atoms with Crippen molar-refractivity contribution in [3.05, 3.63) is 63.7 Å². The molecule has 9 heteroatoms. The Bertz CT molecular complexity index is 847. The molecule has 0 atom stereocenters. The molecule has 0 unspecified atom stereocenters.